The Labute approximate surface area is 183 Å². The van der Waals surface area contributed by atoms with E-state index in [-0.39, 0.29) is 17.9 Å². The summed E-state index contributed by atoms with van der Waals surface area (Å²) in [5.41, 5.74) is 5.21. The molecule has 0 aliphatic carbocycles. The van der Waals surface area contributed by atoms with Crippen LogP contribution < -0.4 is 16.0 Å². The Bertz CT molecular complexity index is 1060. The van der Waals surface area contributed by atoms with Gasteiger partial charge in [0.1, 0.15) is 0 Å². The molecule has 0 saturated carbocycles. The number of rotatable bonds is 8. The van der Waals surface area contributed by atoms with Gasteiger partial charge in [0.2, 0.25) is 5.91 Å². The monoisotopic (exact) mass is 416 g/mol. The number of anilines is 2. The van der Waals surface area contributed by atoms with Gasteiger partial charge < -0.3 is 16.0 Å². The second kappa shape index (κ2) is 10.4. The van der Waals surface area contributed by atoms with Crippen LogP contribution in [0.15, 0.2) is 67.0 Å². The topological polar surface area (TPSA) is 83.1 Å². The molecule has 6 nitrogen and oxygen atoms in total. The third-order valence-electron chi connectivity index (χ3n) is 4.97. The van der Waals surface area contributed by atoms with Gasteiger partial charge in [0.15, 0.2) is 0 Å². The molecule has 31 heavy (non-hydrogen) atoms. The molecule has 1 unspecified atom stereocenters. The SMILES string of the molecule is CCC(=O)NCc1ccccc1NC(C)c1cccc(NC(=O)c2cncc(C)c2)c1. The Balaban J connectivity index is 1.70. The number of para-hydroxylation sites is 1. The minimum Gasteiger partial charge on any atom is -0.378 e. The molecular formula is C25H28N4O2. The standard InChI is InChI=1S/C25H28N4O2/c1-4-24(30)27-16-20-8-5-6-11-23(20)28-18(3)19-9-7-10-22(13-19)29-25(31)21-12-17(2)14-26-15-21/h5-15,18,28H,4,16H2,1-3H3,(H,27,30)(H,29,31). The van der Waals surface area contributed by atoms with Gasteiger partial charge in [-0.25, -0.2) is 0 Å². The summed E-state index contributed by atoms with van der Waals surface area (Å²) in [6.07, 6.45) is 3.74. The maximum Gasteiger partial charge on any atom is 0.257 e. The second-order valence-corrected chi connectivity index (χ2v) is 7.48. The number of carbonyl (C=O) groups is 2. The van der Waals surface area contributed by atoms with Crippen molar-refractivity contribution in [3.05, 3.63) is 89.2 Å². The highest BCUT2D eigenvalue weighted by molar-refractivity contribution is 6.04. The lowest BCUT2D eigenvalue weighted by atomic mass is 10.1. The van der Waals surface area contributed by atoms with Crippen molar-refractivity contribution in [2.45, 2.75) is 39.8 Å². The molecule has 0 aliphatic heterocycles. The van der Waals surface area contributed by atoms with Crippen LogP contribution in [0.3, 0.4) is 0 Å². The first-order valence-electron chi connectivity index (χ1n) is 10.4. The van der Waals surface area contributed by atoms with Crippen molar-refractivity contribution in [3.63, 3.8) is 0 Å². The molecule has 0 fully saturated rings. The molecule has 0 aliphatic rings. The Morgan fingerprint density at radius 1 is 1.03 bits per heavy atom. The number of hydrogen-bond donors (Lipinski definition) is 3. The first-order chi connectivity index (χ1) is 15.0. The Kier molecular flexibility index (Phi) is 7.38. The number of pyridine rings is 1. The number of hydrogen-bond acceptors (Lipinski definition) is 4. The predicted octanol–water partition coefficient (Wildman–Crippen LogP) is 4.84. The minimum absolute atomic E-state index is 0.000477. The van der Waals surface area contributed by atoms with Crippen LogP contribution in [0.2, 0.25) is 0 Å². The van der Waals surface area contributed by atoms with Gasteiger partial charge in [-0.05, 0) is 54.8 Å². The number of nitrogens with zero attached hydrogens (tertiary/aromatic N) is 1. The van der Waals surface area contributed by atoms with Crippen LogP contribution in [-0.2, 0) is 11.3 Å². The van der Waals surface area contributed by atoms with E-state index >= 15 is 0 Å². The smallest absolute Gasteiger partial charge is 0.257 e. The number of amides is 2. The molecule has 2 amide bonds. The highest BCUT2D eigenvalue weighted by atomic mass is 16.2. The highest BCUT2D eigenvalue weighted by Gasteiger charge is 2.11. The maximum atomic E-state index is 12.5. The molecule has 0 bridgehead atoms. The van der Waals surface area contributed by atoms with Crippen molar-refractivity contribution >= 4 is 23.2 Å². The van der Waals surface area contributed by atoms with Crippen LogP contribution in [0.5, 0.6) is 0 Å². The van der Waals surface area contributed by atoms with Crippen LogP contribution in [0, 0.1) is 6.92 Å². The number of aryl methyl sites for hydroxylation is 1. The molecule has 3 aromatic rings. The highest BCUT2D eigenvalue weighted by Crippen LogP contribution is 2.24. The summed E-state index contributed by atoms with van der Waals surface area (Å²) in [6, 6.07) is 17.5. The molecule has 1 atom stereocenters. The third kappa shape index (κ3) is 6.15. The fourth-order valence-corrected chi connectivity index (χ4v) is 3.22. The predicted molar refractivity (Wildman–Crippen MR) is 124 cm³/mol. The molecule has 0 saturated heterocycles. The summed E-state index contributed by atoms with van der Waals surface area (Å²) in [5.74, 6) is -0.166. The van der Waals surface area contributed by atoms with E-state index in [1.54, 1.807) is 12.4 Å². The van der Waals surface area contributed by atoms with Crippen molar-refractivity contribution < 1.29 is 9.59 Å². The molecule has 160 valence electrons. The maximum absolute atomic E-state index is 12.5. The molecule has 1 heterocycles. The van der Waals surface area contributed by atoms with Crippen LogP contribution in [-0.4, -0.2) is 16.8 Å². The van der Waals surface area contributed by atoms with E-state index in [0.717, 1.165) is 28.1 Å². The van der Waals surface area contributed by atoms with Crippen LogP contribution in [0.25, 0.3) is 0 Å². The molecule has 3 N–H and O–H groups in total. The summed E-state index contributed by atoms with van der Waals surface area (Å²) in [5, 5.41) is 9.38. The van der Waals surface area contributed by atoms with Gasteiger partial charge in [-0.2, -0.15) is 0 Å². The summed E-state index contributed by atoms with van der Waals surface area (Å²) < 4.78 is 0. The van der Waals surface area contributed by atoms with Gasteiger partial charge in [-0.15, -0.1) is 0 Å². The van der Waals surface area contributed by atoms with E-state index < -0.39 is 0 Å². The number of aromatic nitrogens is 1. The average molecular weight is 417 g/mol. The molecule has 2 aromatic carbocycles. The zero-order chi connectivity index (χ0) is 22.2. The Morgan fingerprint density at radius 3 is 2.61 bits per heavy atom. The fraction of sp³-hybridized carbons (Fsp3) is 0.240. The zero-order valence-corrected chi connectivity index (χ0v) is 18.1. The van der Waals surface area contributed by atoms with Crippen molar-refractivity contribution in [2.24, 2.45) is 0 Å². The van der Waals surface area contributed by atoms with Crippen molar-refractivity contribution in [2.75, 3.05) is 10.6 Å². The summed E-state index contributed by atoms with van der Waals surface area (Å²) in [7, 11) is 0. The van der Waals surface area contributed by atoms with Crippen LogP contribution in [0.1, 0.15) is 53.4 Å². The average Bonchev–Trinajstić information content (AvgIpc) is 2.78. The van der Waals surface area contributed by atoms with E-state index in [2.05, 4.69) is 27.9 Å². The van der Waals surface area contributed by atoms with Gasteiger partial charge in [0.25, 0.3) is 5.91 Å². The van der Waals surface area contributed by atoms with Crippen molar-refractivity contribution in [1.29, 1.82) is 0 Å². The molecule has 6 heteroatoms. The largest absolute Gasteiger partial charge is 0.378 e. The lowest BCUT2D eigenvalue weighted by Gasteiger charge is -2.19. The lowest BCUT2D eigenvalue weighted by molar-refractivity contribution is -0.120. The van der Waals surface area contributed by atoms with Crippen LogP contribution in [0.4, 0.5) is 11.4 Å². The third-order valence-corrected chi connectivity index (χ3v) is 4.97. The molecular weight excluding hydrogens is 388 g/mol. The Hall–Kier alpha value is -3.67. The number of benzene rings is 2. The van der Waals surface area contributed by atoms with E-state index in [4.69, 9.17) is 0 Å². The normalized spacial score (nSPS) is 11.5. The Morgan fingerprint density at radius 2 is 1.84 bits per heavy atom. The van der Waals surface area contributed by atoms with E-state index in [1.165, 1.54) is 0 Å². The minimum atomic E-state index is -0.189. The zero-order valence-electron chi connectivity index (χ0n) is 18.1. The molecule has 0 spiro atoms. The van der Waals surface area contributed by atoms with Crippen LogP contribution >= 0.6 is 0 Å². The first kappa shape index (κ1) is 22.0. The van der Waals surface area contributed by atoms with Gasteiger partial charge in [-0.1, -0.05) is 37.3 Å². The number of carbonyl (C=O) groups excluding carboxylic acids is 2. The van der Waals surface area contributed by atoms with Crippen molar-refractivity contribution in [3.8, 4) is 0 Å². The first-order valence-corrected chi connectivity index (χ1v) is 10.4. The molecule has 3 rings (SSSR count). The lowest BCUT2D eigenvalue weighted by Crippen LogP contribution is -2.22. The fourth-order valence-electron chi connectivity index (χ4n) is 3.22. The summed E-state index contributed by atoms with van der Waals surface area (Å²) in [4.78, 5) is 28.2. The van der Waals surface area contributed by atoms with E-state index in [0.29, 0.717) is 18.5 Å². The van der Waals surface area contributed by atoms with E-state index in [9.17, 15) is 9.59 Å². The second-order valence-electron chi connectivity index (χ2n) is 7.48. The number of nitrogens with one attached hydrogen (secondary N) is 3. The van der Waals surface area contributed by atoms with Gasteiger partial charge in [0.05, 0.1) is 5.56 Å². The quantitative estimate of drug-likeness (QED) is 0.491. The van der Waals surface area contributed by atoms with E-state index in [1.807, 2.05) is 68.4 Å². The van der Waals surface area contributed by atoms with Crippen molar-refractivity contribution in [1.82, 2.24) is 10.3 Å². The summed E-state index contributed by atoms with van der Waals surface area (Å²) >= 11 is 0. The summed E-state index contributed by atoms with van der Waals surface area (Å²) in [6.45, 7) is 6.28. The molecule has 1 aromatic heterocycles. The molecule has 0 radical (unpaired) electrons. The van der Waals surface area contributed by atoms with Gasteiger partial charge >= 0.3 is 0 Å². The van der Waals surface area contributed by atoms with Gasteiger partial charge in [-0.3, -0.25) is 14.6 Å². The van der Waals surface area contributed by atoms with Gasteiger partial charge in [0, 0.05) is 42.8 Å².